The lowest BCUT2D eigenvalue weighted by Gasteiger charge is -2.41. The first-order valence-corrected chi connectivity index (χ1v) is 11.6. The number of carbonyl (C=O) groups is 2. The van der Waals surface area contributed by atoms with E-state index in [1.54, 1.807) is 17.0 Å². The minimum absolute atomic E-state index is 0.0544. The second-order valence-corrected chi connectivity index (χ2v) is 10.1. The summed E-state index contributed by atoms with van der Waals surface area (Å²) in [6, 6.07) is 7.39. The summed E-state index contributed by atoms with van der Waals surface area (Å²) in [5.41, 5.74) is 7.24. The normalized spacial score (nSPS) is 32.9. The average molecular weight is 440 g/mol. The van der Waals surface area contributed by atoms with Crippen LogP contribution in [0.25, 0.3) is 0 Å². The molecule has 7 atom stereocenters. The minimum atomic E-state index is -0.733. The molecule has 2 amide bonds. The Labute approximate surface area is 187 Å². The fourth-order valence-electron chi connectivity index (χ4n) is 6.19. The second-order valence-electron chi connectivity index (χ2n) is 10.1. The smallest absolute Gasteiger partial charge is 0.242 e. The van der Waals surface area contributed by atoms with Gasteiger partial charge in [-0.15, -0.1) is 0 Å². The van der Waals surface area contributed by atoms with Crippen molar-refractivity contribution in [2.75, 3.05) is 13.1 Å². The molecule has 0 radical (unpaired) electrons. The van der Waals surface area contributed by atoms with Crippen LogP contribution in [0.3, 0.4) is 0 Å². The van der Waals surface area contributed by atoms with Crippen LogP contribution in [0.15, 0.2) is 24.3 Å². The number of benzene rings is 1. The molecule has 7 nitrogen and oxygen atoms in total. The molecule has 3 saturated heterocycles. The van der Waals surface area contributed by atoms with Crippen LogP contribution >= 0.6 is 0 Å². The van der Waals surface area contributed by atoms with Crippen LogP contribution in [0.5, 0.6) is 0 Å². The lowest BCUT2D eigenvalue weighted by Crippen LogP contribution is -2.57. The Balaban J connectivity index is 1.27. The highest BCUT2D eigenvalue weighted by Gasteiger charge is 2.56. The standard InChI is InChI=1S/C24H30FN5O2/c1-13(2)22(14-3-5-16(25)6-4-14)30-18-9-21(24(30)32)28(11-18)12-19(27)23(31)29-17(10-26)7-15-8-20(15)29/h3-6,13,15,17-22H,7-9,11-12,27H2,1-2H3/t15-,17+,18?,19+,20+,21-,22-/m1/s1. The lowest BCUT2D eigenvalue weighted by molar-refractivity contribution is -0.142. The van der Waals surface area contributed by atoms with E-state index in [9.17, 15) is 19.2 Å². The highest BCUT2D eigenvalue weighted by molar-refractivity contribution is 5.87. The first-order valence-electron chi connectivity index (χ1n) is 11.6. The van der Waals surface area contributed by atoms with E-state index in [-0.39, 0.29) is 53.8 Å². The van der Waals surface area contributed by atoms with E-state index < -0.39 is 6.04 Å². The van der Waals surface area contributed by atoms with Crippen LogP contribution in [0.1, 0.15) is 44.7 Å². The maximum Gasteiger partial charge on any atom is 0.242 e. The predicted molar refractivity (Wildman–Crippen MR) is 115 cm³/mol. The molecule has 1 unspecified atom stereocenters. The van der Waals surface area contributed by atoms with Gasteiger partial charge in [-0.05, 0) is 48.8 Å². The van der Waals surface area contributed by atoms with E-state index in [2.05, 4.69) is 19.9 Å². The largest absolute Gasteiger partial charge is 0.330 e. The zero-order valence-electron chi connectivity index (χ0n) is 18.5. The maximum absolute atomic E-state index is 13.4. The van der Waals surface area contributed by atoms with Gasteiger partial charge in [0.1, 0.15) is 11.9 Å². The van der Waals surface area contributed by atoms with Gasteiger partial charge < -0.3 is 15.5 Å². The second kappa shape index (κ2) is 7.82. The number of amides is 2. The summed E-state index contributed by atoms with van der Waals surface area (Å²) in [5, 5.41) is 9.38. The number of likely N-dealkylation sites (tertiary alicyclic amines) is 3. The van der Waals surface area contributed by atoms with Crippen LogP contribution in [0, 0.1) is 29.0 Å². The number of hydrogen-bond acceptors (Lipinski definition) is 5. The van der Waals surface area contributed by atoms with E-state index >= 15 is 0 Å². The van der Waals surface area contributed by atoms with Crippen molar-refractivity contribution in [1.29, 1.82) is 5.26 Å². The summed E-state index contributed by atoms with van der Waals surface area (Å²) in [4.78, 5) is 32.1. The molecule has 8 heteroatoms. The van der Waals surface area contributed by atoms with Gasteiger partial charge in [0.25, 0.3) is 0 Å². The molecular weight excluding hydrogens is 409 g/mol. The van der Waals surface area contributed by atoms with Crippen molar-refractivity contribution in [2.24, 2.45) is 17.6 Å². The molecule has 1 aliphatic carbocycles. The van der Waals surface area contributed by atoms with Gasteiger partial charge in [-0.1, -0.05) is 26.0 Å². The molecule has 0 aromatic heterocycles. The summed E-state index contributed by atoms with van der Waals surface area (Å²) < 4.78 is 13.4. The SMILES string of the molecule is CC(C)[C@H](c1ccc(F)cc1)N1C(=O)[C@H]2CC1CN2C[C@H](N)C(=O)N1[C@H](C#N)C[C@@H]2C[C@@H]21. The molecule has 2 N–H and O–H groups in total. The molecule has 3 aliphatic heterocycles. The molecule has 1 aromatic rings. The molecule has 0 spiro atoms. The third-order valence-electron chi connectivity index (χ3n) is 7.71. The van der Waals surface area contributed by atoms with Crippen molar-refractivity contribution in [3.63, 3.8) is 0 Å². The number of fused-ring (bicyclic) bond motifs is 3. The molecular formula is C24H30FN5O2. The van der Waals surface area contributed by atoms with Crippen molar-refractivity contribution in [2.45, 2.75) is 69.4 Å². The molecule has 5 rings (SSSR count). The molecule has 4 fully saturated rings. The van der Waals surface area contributed by atoms with E-state index in [0.29, 0.717) is 19.0 Å². The lowest BCUT2D eigenvalue weighted by atomic mass is 9.93. The van der Waals surface area contributed by atoms with E-state index in [4.69, 9.17) is 5.73 Å². The first kappa shape index (κ1) is 21.4. The van der Waals surface area contributed by atoms with Gasteiger partial charge in [0, 0.05) is 25.2 Å². The van der Waals surface area contributed by atoms with Crippen molar-refractivity contribution in [3.05, 3.63) is 35.6 Å². The van der Waals surface area contributed by atoms with Gasteiger partial charge in [-0.2, -0.15) is 5.26 Å². The van der Waals surface area contributed by atoms with Gasteiger partial charge >= 0.3 is 0 Å². The summed E-state index contributed by atoms with van der Waals surface area (Å²) in [6.45, 7) is 5.16. The topological polar surface area (TPSA) is 93.7 Å². The van der Waals surface area contributed by atoms with Gasteiger partial charge in [0.05, 0.1) is 24.2 Å². The Kier molecular flexibility index (Phi) is 5.22. The number of halogens is 1. The van der Waals surface area contributed by atoms with Crippen LogP contribution in [0.2, 0.25) is 0 Å². The molecule has 1 aromatic carbocycles. The number of rotatable bonds is 6. The van der Waals surface area contributed by atoms with E-state index in [1.807, 2.05) is 9.80 Å². The van der Waals surface area contributed by atoms with Crippen molar-refractivity contribution in [1.82, 2.24) is 14.7 Å². The van der Waals surface area contributed by atoms with Gasteiger partial charge in [-0.25, -0.2) is 4.39 Å². The summed E-state index contributed by atoms with van der Waals surface area (Å²) >= 11 is 0. The molecule has 170 valence electrons. The van der Waals surface area contributed by atoms with E-state index in [1.165, 1.54) is 12.1 Å². The van der Waals surface area contributed by atoms with Crippen LogP contribution in [-0.4, -0.2) is 69.8 Å². The maximum atomic E-state index is 13.4. The Morgan fingerprint density at radius 2 is 1.97 bits per heavy atom. The van der Waals surface area contributed by atoms with Gasteiger partial charge in [0.15, 0.2) is 0 Å². The fraction of sp³-hybridized carbons (Fsp3) is 0.625. The monoisotopic (exact) mass is 439 g/mol. The predicted octanol–water partition coefficient (Wildman–Crippen LogP) is 1.65. The number of piperidine rings is 1. The highest BCUT2D eigenvalue weighted by atomic mass is 19.1. The average Bonchev–Trinajstić information content (AvgIpc) is 3.10. The van der Waals surface area contributed by atoms with Gasteiger partial charge in [-0.3, -0.25) is 14.5 Å². The summed E-state index contributed by atoms with van der Waals surface area (Å²) in [5.74, 6) is 0.241. The third-order valence-corrected chi connectivity index (χ3v) is 7.71. The number of hydrogen-bond donors (Lipinski definition) is 1. The Bertz CT molecular complexity index is 960. The zero-order valence-corrected chi connectivity index (χ0v) is 18.5. The third kappa shape index (κ3) is 3.39. The molecule has 4 aliphatic rings. The molecule has 1 saturated carbocycles. The molecule has 3 heterocycles. The number of nitriles is 1. The number of piperazine rings is 1. The van der Waals surface area contributed by atoms with Crippen molar-refractivity contribution >= 4 is 11.8 Å². The molecule has 32 heavy (non-hydrogen) atoms. The van der Waals surface area contributed by atoms with Crippen LogP contribution < -0.4 is 5.73 Å². The Hall–Kier alpha value is -2.50. The summed E-state index contributed by atoms with van der Waals surface area (Å²) in [6.07, 6.45) is 2.44. The Morgan fingerprint density at radius 3 is 2.59 bits per heavy atom. The highest BCUT2D eigenvalue weighted by Crippen LogP contribution is 2.48. The van der Waals surface area contributed by atoms with Crippen molar-refractivity contribution < 1.29 is 14.0 Å². The van der Waals surface area contributed by atoms with Crippen molar-refractivity contribution in [3.8, 4) is 6.07 Å². The fourth-order valence-corrected chi connectivity index (χ4v) is 6.19. The first-order chi connectivity index (χ1) is 15.3. The summed E-state index contributed by atoms with van der Waals surface area (Å²) in [7, 11) is 0. The Morgan fingerprint density at radius 1 is 1.25 bits per heavy atom. The minimum Gasteiger partial charge on any atom is -0.330 e. The van der Waals surface area contributed by atoms with E-state index in [0.717, 1.165) is 24.8 Å². The van der Waals surface area contributed by atoms with Crippen LogP contribution in [0.4, 0.5) is 4.39 Å². The quantitative estimate of drug-likeness (QED) is 0.728. The number of carbonyl (C=O) groups excluding carboxylic acids is 2. The molecule has 2 bridgehead atoms. The zero-order chi connectivity index (χ0) is 22.7. The number of nitrogens with zero attached hydrogens (tertiary/aromatic N) is 4. The van der Waals surface area contributed by atoms with Gasteiger partial charge in [0.2, 0.25) is 11.8 Å². The van der Waals surface area contributed by atoms with Crippen LogP contribution in [-0.2, 0) is 9.59 Å². The number of nitrogens with two attached hydrogens (primary N) is 1.